The number of halogens is 1. The van der Waals surface area contributed by atoms with E-state index < -0.39 is 0 Å². The summed E-state index contributed by atoms with van der Waals surface area (Å²) in [6.07, 6.45) is 2.70. The Hall–Kier alpha value is -0.340. The van der Waals surface area contributed by atoms with E-state index in [-0.39, 0.29) is 0 Å². The molecule has 1 aromatic carbocycles. The third-order valence-corrected chi connectivity index (χ3v) is 4.00. The molecule has 0 aliphatic heterocycles. The minimum atomic E-state index is 0.591. The van der Waals surface area contributed by atoms with Gasteiger partial charge in [0, 0.05) is 17.1 Å². The van der Waals surface area contributed by atoms with E-state index in [0.29, 0.717) is 5.92 Å². The second-order valence-electron chi connectivity index (χ2n) is 5.14. The molecular weight excluding hydrogens is 262 g/mol. The number of hydrogen-bond acceptors (Lipinski definition) is 1. The third kappa shape index (κ3) is 3.08. The van der Waals surface area contributed by atoms with Crippen LogP contribution in [0.2, 0.25) is 0 Å². The van der Waals surface area contributed by atoms with Crippen LogP contribution in [0.4, 0.5) is 0 Å². The molecule has 2 heteroatoms. The minimum Gasteiger partial charge on any atom is -0.313 e. The Labute approximate surface area is 107 Å². The molecule has 1 fully saturated rings. The SMILES string of the molecule is CC1CC(NCC(C)c2cccc(Br)c2)C1. The number of rotatable bonds is 4. The molecule has 1 unspecified atom stereocenters. The fourth-order valence-electron chi connectivity index (χ4n) is 2.34. The molecule has 0 amide bonds. The van der Waals surface area contributed by atoms with Crippen LogP contribution in [0.15, 0.2) is 28.7 Å². The molecule has 0 radical (unpaired) electrons. The van der Waals surface area contributed by atoms with E-state index >= 15 is 0 Å². The van der Waals surface area contributed by atoms with Crippen molar-refractivity contribution in [3.8, 4) is 0 Å². The first-order valence-corrected chi connectivity index (χ1v) is 6.93. The van der Waals surface area contributed by atoms with Crippen molar-refractivity contribution < 1.29 is 0 Å². The molecule has 0 bridgehead atoms. The van der Waals surface area contributed by atoms with Crippen molar-refractivity contribution in [1.82, 2.24) is 5.32 Å². The second kappa shape index (κ2) is 5.33. The van der Waals surface area contributed by atoms with Crippen LogP contribution in [0.5, 0.6) is 0 Å². The normalized spacial score (nSPS) is 26.2. The Morgan fingerprint density at radius 3 is 2.81 bits per heavy atom. The Bertz CT molecular complexity index is 344. The minimum absolute atomic E-state index is 0.591. The van der Waals surface area contributed by atoms with Gasteiger partial charge in [-0.15, -0.1) is 0 Å². The van der Waals surface area contributed by atoms with E-state index in [1.165, 1.54) is 22.9 Å². The van der Waals surface area contributed by atoms with Crippen LogP contribution in [0.1, 0.15) is 38.2 Å². The van der Waals surface area contributed by atoms with E-state index in [2.05, 4.69) is 59.4 Å². The molecule has 88 valence electrons. The monoisotopic (exact) mass is 281 g/mol. The van der Waals surface area contributed by atoms with Gasteiger partial charge in [-0.3, -0.25) is 0 Å². The first-order chi connectivity index (χ1) is 7.65. The van der Waals surface area contributed by atoms with Crippen LogP contribution < -0.4 is 5.32 Å². The largest absolute Gasteiger partial charge is 0.313 e. The van der Waals surface area contributed by atoms with Crippen LogP contribution in [0, 0.1) is 5.92 Å². The molecule has 0 saturated heterocycles. The maximum atomic E-state index is 3.65. The summed E-state index contributed by atoms with van der Waals surface area (Å²) in [5, 5.41) is 3.65. The lowest BCUT2D eigenvalue weighted by atomic mass is 9.81. The van der Waals surface area contributed by atoms with Crippen molar-refractivity contribution in [1.29, 1.82) is 0 Å². The highest BCUT2D eigenvalue weighted by atomic mass is 79.9. The average Bonchev–Trinajstić information content (AvgIpc) is 2.22. The quantitative estimate of drug-likeness (QED) is 0.882. The molecule has 1 atom stereocenters. The molecule has 1 aromatic rings. The summed E-state index contributed by atoms with van der Waals surface area (Å²) in [7, 11) is 0. The maximum Gasteiger partial charge on any atom is 0.0178 e. The lowest BCUT2D eigenvalue weighted by molar-refractivity contribution is 0.239. The Morgan fingerprint density at radius 2 is 2.19 bits per heavy atom. The highest BCUT2D eigenvalue weighted by molar-refractivity contribution is 9.10. The Morgan fingerprint density at radius 1 is 1.44 bits per heavy atom. The molecule has 0 aromatic heterocycles. The number of benzene rings is 1. The summed E-state index contributed by atoms with van der Waals surface area (Å²) >= 11 is 3.52. The van der Waals surface area contributed by atoms with Gasteiger partial charge < -0.3 is 5.32 Å². The highest BCUT2D eigenvalue weighted by Crippen LogP contribution is 2.27. The van der Waals surface area contributed by atoms with Gasteiger partial charge in [-0.2, -0.15) is 0 Å². The fraction of sp³-hybridized carbons (Fsp3) is 0.571. The van der Waals surface area contributed by atoms with Crippen molar-refractivity contribution >= 4 is 15.9 Å². The van der Waals surface area contributed by atoms with E-state index in [1.807, 2.05) is 0 Å². The van der Waals surface area contributed by atoms with Gasteiger partial charge in [0.05, 0.1) is 0 Å². The summed E-state index contributed by atoms with van der Waals surface area (Å²) < 4.78 is 1.18. The second-order valence-corrected chi connectivity index (χ2v) is 6.05. The van der Waals surface area contributed by atoms with Crippen molar-refractivity contribution in [3.05, 3.63) is 34.3 Å². The summed E-state index contributed by atoms with van der Waals surface area (Å²) in [6.45, 7) is 5.71. The Balaban J connectivity index is 1.81. The van der Waals surface area contributed by atoms with Gasteiger partial charge in [0.2, 0.25) is 0 Å². The molecule has 0 heterocycles. The topological polar surface area (TPSA) is 12.0 Å². The van der Waals surface area contributed by atoms with Gasteiger partial charge in [0.1, 0.15) is 0 Å². The molecule has 0 spiro atoms. The van der Waals surface area contributed by atoms with E-state index in [9.17, 15) is 0 Å². The summed E-state index contributed by atoms with van der Waals surface area (Å²) in [6, 6.07) is 9.39. The van der Waals surface area contributed by atoms with Crippen LogP contribution in [-0.4, -0.2) is 12.6 Å². The zero-order valence-electron chi connectivity index (χ0n) is 10.0. The molecule has 1 N–H and O–H groups in total. The zero-order valence-corrected chi connectivity index (χ0v) is 11.6. The summed E-state index contributed by atoms with van der Waals surface area (Å²) in [5.74, 6) is 1.52. The molecule has 2 rings (SSSR count). The molecule has 16 heavy (non-hydrogen) atoms. The van der Waals surface area contributed by atoms with Crippen LogP contribution in [0.3, 0.4) is 0 Å². The van der Waals surface area contributed by atoms with E-state index in [0.717, 1.165) is 18.5 Å². The van der Waals surface area contributed by atoms with Crippen LogP contribution >= 0.6 is 15.9 Å². The van der Waals surface area contributed by atoms with Gasteiger partial charge in [-0.1, -0.05) is 41.9 Å². The Kier molecular flexibility index (Phi) is 4.04. The number of hydrogen-bond donors (Lipinski definition) is 1. The van der Waals surface area contributed by atoms with Crippen LogP contribution in [-0.2, 0) is 0 Å². The number of nitrogens with one attached hydrogen (secondary N) is 1. The van der Waals surface area contributed by atoms with Crippen molar-refractivity contribution in [2.24, 2.45) is 5.92 Å². The van der Waals surface area contributed by atoms with Crippen molar-refractivity contribution in [2.45, 2.75) is 38.6 Å². The smallest absolute Gasteiger partial charge is 0.0178 e. The third-order valence-electron chi connectivity index (χ3n) is 3.50. The van der Waals surface area contributed by atoms with Gasteiger partial charge in [-0.25, -0.2) is 0 Å². The van der Waals surface area contributed by atoms with Gasteiger partial charge >= 0.3 is 0 Å². The molecular formula is C14H20BrN. The summed E-state index contributed by atoms with van der Waals surface area (Å²) in [4.78, 5) is 0. The molecule has 1 saturated carbocycles. The zero-order chi connectivity index (χ0) is 11.5. The van der Waals surface area contributed by atoms with E-state index in [1.54, 1.807) is 0 Å². The van der Waals surface area contributed by atoms with E-state index in [4.69, 9.17) is 0 Å². The highest BCUT2D eigenvalue weighted by Gasteiger charge is 2.24. The molecule has 1 nitrogen and oxygen atoms in total. The average molecular weight is 282 g/mol. The predicted molar refractivity (Wildman–Crippen MR) is 72.7 cm³/mol. The lowest BCUT2D eigenvalue weighted by Gasteiger charge is -2.34. The molecule has 1 aliphatic carbocycles. The van der Waals surface area contributed by atoms with Gasteiger partial charge in [0.15, 0.2) is 0 Å². The first kappa shape index (κ1) is 12.1. The maximum absolute atomic E-state index is 3.65. The van der Waals surface area contributed by atoms with Crippen molar-refractivity contribution in [2.75, 3.05) is 6.54 Å². The van der Waals surface area contributed by atoms with Crippen LogP contribution in [0.25, 0.3) is 0 Å². The van der Waals surface area contributed by atoms with Crippen molar-refractivity contribution in [3.63, 3.8) is 0 Å². The fourth-order valence-corrected chi connectivity index (χ4v) is 2.76. The van der Waals surface area contributed by atoms with Gasteiger partial charge in [-0.05, 0) is 42.4 Å². The predicted octanol–water partition coefficient (Wildman–Crippen LogP) is 3.94. The first-order valence-electron chi connectivity index (χ1n) is 6.14. The van der Waals surface area contributed by atoms with Gasteiger partial charge in [0.25, 0.3) is 0 Å². The lowest BCUT2D eigenvalue weighted by Crippen LogP contribution is -2.41. The molecule has 1 aliphatic rings. The standard InChI is InChI=1S/C14H20BrN/c1-10-6-14(7-10)16-9-11(2)12-4-3-5-13(15)8-12/h3-5,8,10-11,14,16H,6-7,9H2,1-2H3. The summed E-state index contributed by atoms with van der Waals surface area (Å²) in [5.41, 5.74) is 1.41.